The molecule has 0 heterocycles. The summed E-state index contributed by atoms with van der Waals surface area (Å²) in [5, 5.41) is 0. The first-order valence-electron chi connectivity index (χ1n) is 6.40. The van der Waals surface area contributed by atoms with Crippen molar-refractivity contribution in [1.29, 1.82) is 0 Å². The van der Waals surface area contributed by atoms with Crippen LogP contribution in [0.3, 0.4) is 0 Å². The number of carbonyl (C=O) groups is 1. The van der Waals surface area contributed by atoms with Crippen LogP contribution in [-0.4, -0.2) is 17.4 Å². The molecule has 0 atom stereocenters. The first kappa shape index (κ1) is 14.2. The molecule has 2 aromatic carbocycles. The summed E-state index contributed by atoms with van der Waals surface area (Å²) in [7, 11) is 0. The smallest absolute Gasteiger partial charge is 0.258 e. The van der Waals surface area contributed by atoms with Crippen molar-refractivity contribution in [2.24, 2.45) is 5.73 Å². The van der Waals surface area contributed by atoms with Crippen LogP contribution in [0.2, 0.25) is 0 Å². The van der Waals surface area contributed by atoms with Gasteiger partial charge in [0.25, 0.3) is 5.91 Å². The minimum absolute atomic E-state index is 0.0585. The van der Waals surface area contributed by atoms with Gasteiger partial charge in [-0.25, -0.2) is 0 Å². The molecule has 0 fully saturated rings. The van der Waals surface area contributed by atoms with Crippen molar-refractivity contribution < 1.29 is 4.79 Å². The number of nitrogens with zero attached hydrogens (tertiary/aromatic N) is 1. The largest absolute Gasteiger partial charge is 0.389 e. The minimum atomic E-state index is -0.0585. The normalized spacial score (nSPS) is 10.1. The molecular formula is C16H16N2OS. The number of hydrogen-bond acceptors (Lipinski definition) is 2. The van der Waals surface area contributed by atoms with Crippen LogP contribution in [0.25, 0.3) is 0 Å². The summed E-state index contributed by atoms with van der Waals surface area (Å²) in [5.41, 5.74) is 7.77. The Balaban J connectivity index is 2.34. The van der Waals surface area contributed by atoms with E-state index in [-0.39, 0.29) is 5.91 Å². The first-order valence-corrected chi connectivity index (χ1v) is 6.81. The van der Waals surface area contributed by atoms with E-state index in [4.69, 9.17) is 18.0 Å². The van der Waals surface area contributed by atoms with Gasteiger partial charge in [0.1, 0.15) is 4.99 Å². The third-order valence-electron chi connectivity index (χ3n) is 3.02. The third kappa shape index (κ3) is 3.03. The van der Waals surface area contributed by atoms with Crippen molar-refractivity contribution in [2.45, 2.75) is 6.92 Å². The highest BCUT2D eigenvalue weighted by Crippen LogP contribution is 2.17. The highest BCUT2D eigenvalue weighted by Gasteiger charge is 2.16. The Morgan fingerprint density at radius 1 is 1.10 bits per heavy atom. The molecule has 0 saturated heterocycles. The lowest BCUT2D eigenvalue weighted by Gasteiger charge is -2.21. The maximum Gasteiger partial charge on any atom is 0.258 e. The number of para-hydroxylation sites is 1. The molecule has 1 amide bonds. The molecule has 0 aliphatic carbocycles. The predicted molar refractivity (Wildman–Crippen MR) is 86.1 cm³/mol. The summed E-state index contributed by atoms with van der Waals surface area (Å²) in [6, 6.07) is 16.7. The number of anilines is 1. The molecule has 102 valence electrons. The van der Waals surface area contributed by atoms with Crippen molar-refractivity contribution in [3.05, 3.63) is 65.7 Å². The van der Waals surface area contributed by atoms with E-state index in [0.29, 0.717) is 22.7 Å². The van der Waals surface area contributed by atoms with Crippen LogP contribution in [0.5, 0.6) is 0 Å². The second-order valence-corrected chi connectivity index (χ2v) is 4.77. The van der Waals surface area contributed by atoms with Crippen molar-refractivity contribution in [1.82, 2.24) is 0 Å². The van der Waals surface area contributed by atoms with Gasteiger partial charge in [0.2, 0.25) is 0 Å². The maximum absolute atomic E-state index is 12.6. The Bertz CT molecular complexity index is 625. The first-order chi connectivity index (χ1) is 9.63. The summed E-state index contributed by atoms with van der Waals surface area (Å²) < 4.78 is 0. The zero-order valence-corrected chi connectivity index (χ0v) is 12.1. The van der Waals surface area contributed by atoms with Crippen LogP contribution >= 0.6 is 12.2 Å². The van der Waals surface area contributed by atoms with Crippen LogP contribution in [0.4, 0.5) is 5.69 Å². The van der Waals surface area contributed by atoms with E-state index in [9.17, 15) is 4.79 Å². The van der Waals surface area contributed by atoms with Crippen molar-refractivity contribution in [3.8, 4) is 0 Å². The van der Waals surface area contributed by atoms with E-state index in [1.54, 1.807) is 29.2 Å². The van der Waals surface area contributed by atoms with Gasteiger partial charge < -0.3 is 10.6 Å². The molecule has 2 aromatic rings. The lowest BCUT2D eigenvalue weighted by Crippen LogP contribution is -2.30. The number of thiocarbonyl (C=S) groups is 1. The van der Waals surface area contributed by atoms with Gasteiger partial charge in [-0.15, -0.1) is 0 Å². The number of rotatable bonds is 4. The predicted octanol–water partition coefficient (Wildman–Crippen LogP) is 2.99. The van der Waals surface area contributed by atoms with Crippen LogP contribution in [0.1, 0.15) is 22.8 Å². The Hall–Kier alpha value is -2.20. The number of carbonyl (C=O) groups excluding carboxylic acids is 1. The molecule has 0 aliphatic heterocycles. The van der Waals surface area contributed by atoms with Gasteiger partial charge in [-0.05, 0) is 31.2 Å². The van der Waals surface area contributed by atoms with Crippen LogP contribution in [-0.2, 0) is 0 Å². The number of hydrogen-bond donors (Lipinski definition) is 1. The lowest BCUT2D eigenvalue weighted by atomic mass is 10.1. The van der Waals surface area contributed by atoms with Crippen molar-refractivity contribution >= 4 is 28.8 Å². The van der Waals surface area contributed by atoms with E-state index < -0.39 is 0 Å². The zero-order valence-electron chi connectivity index (χ0n) is 11.2. The van der Waals surface area contributed by atoms with Crippen molar-refractivity contribution in [2.75, 3.05) is 11.4 Å². The quantitative estimate of drug-likeness (QED) is 0.878. The lowest BCUT2D eigenvalue weighted by molar-refractivity contribution is 0.0988. The number of benzene rings is 2. The minimum Gasteiger partial charge on any atom is -0.389 e. The molecule has 0 aliphatic rings. The summed E-state index contributed by atoms with van der Waals surface area (Å²) in [6.45, 7) is 2.54. The molecule has 3 nitrogen and oxygen atoms in total. The molecular weight excluding hydrogens is 268 g/mol. The average molecular weight is 284 g/mol. The monoisotopic (exact) mass is 284 g/mol. The summed E-state index contributed by atoms with van der Waals surface area (Å²) >= 11 is 4.95. The molecule has 4 heteroatoms. The van der Waals surface area contributed by atoms with Crippen molar-refractivity contribution in [3.63, 3.8) is 0 Å². The maximum atomic E-state index is 12.6. The molecule has 0 spiro atoms. The fraction of sp³-hybridized carbons (Fsp3) is 0.125. The number of amides is 1. The molecule has 0 unspecified atom stereocenters. The average Bonchev–Trinajstić information content (AvgIpc) is 2.49. The molecule has 0 aromatic heterocycles. The van der Waals surface area contributed by atoms with Crippen LogP contribution in [0.15, 0.2) is 54.6 Å². The summed E-state index contributed by atoms with van der Waals surface area (Å²) in [6.07, 6.45) is 0. The van der Waals surface area contributed by atoms with E-state index in [1.165, 1.54) is 0 Å². The molecule has 0 radical (unpaired) electrons. The second kappa shape index (κ2) is 6.30. The molecule has 0 bridgehead atoms. The standard InChI is InChI=1S/C16H16N2OS/c1-2-18(14-9-4-3-5-10-14)16(19)13-8-6-7-12(11-13)15(17)20/h3-11H,2H2,1H3,(H2,17,20). The van der Waals surface area contributed by atoms with Gasteiger partial charge in [0.15, 0.2) is 0 Å². The highest BCUT2D eigenvalue weighted by molar-refractivity contribution is 7.80. The second-order valence-electron chi connectivity index (χ2n) is 4.33. The highest BCUT2D eigenvalue weighted by atomic mass is 32.1. The van der Waals surface area contributed by atoms with E-state index in [2.05, 4.69) is 0 Å². The van der Waals surface area contributed by atoms with Crippen LogP contribution in [0, 0.1) is 0 Å². The molecule has 0 saturated carbocycles. The fourth-order valence-electron chi connectivity index (χ4n) is 2.01. The van der Waals surface area contributed by atoms with Crippen LogP contribution < -0.4 is 10.6 Å². The fourth-order valence-corrected chi connectivity index (χ4v) is 2.14. The Kier molecular flexibility index (Phi) is 4.48. The van der Waals surface area contributed by atoms with E-state index in [0.717, 1.165) is 5.69 Å². The molecule has 2 rings (SSSR count). The Labute approximate surface area is 124 Å². The number of nitrogens with two attached hydrogens (primary N) is 1. The molecule has 2 N–H and O–H groups in total. The van der Waals surface area contributed by atoms with E-state index in [1.807, 2.05) is 37.3 Å². The SMILES string of the molecule is CCN(C(=O)c1cccc(C(N)=S)c1)c1ccccc1. The molecule has 20 heavy (non-hydrogen) atoms. The zero-order chi connectivity index (χ0) is 14.5. The van der Waals surface area contributed by atoms with Gasteiger partial charge in [-0.1, -0.05) is 42.5 Å². The topological polar surface area (TPSA) is 46.3 Å². The van der Waals surface area contributed by atoms with Gasteiger partial charge in [-0.2, -0.15) is 0 Å². The third-order valence-corrected chi connectivity index (χ3v) is 3.26. The Morgan fingerprint density at radius 3 is 2.35 bits per heavy atom. The van der Waals surface area contributed by atoms with Gasteiger partial charge in [0, 0.05) is 23.4 Å². The summed E-state index contributed by atoms with van der Waals surface area (Å²) in [5.74, 6) is -0.0585. The Morgan fingerprint density at radius 2 is 1.75 bits per heavy atom. The summed E-state index contributed by atoms with van der Waals surface area (Å²) in [4.78, 5) is 14.6. The van der Waals surface area contributed by atoms with Gasteiger partial charge >= 0.3 is 0 Å². The van der Waals surface area contributed by atoms with Gasteiger partial charge in [0.05, 0.1) is 0 Å². The van der Waals surface area contributed by atoms with E-state index >= 15 is 0 Å². The van der Waals surface area contributed by atoms with Gasteiger partial charge in [-0.3, -0.25) is 4.79 Å².